The molecule has 0 amide bonds. The molecule has 4 heteroatoms. The topological polar surface area (TPSA) is 43.8 Å². The maximum Gasteiger partial charge on any atom is 0.148 e. The van der Waals surface area contributed by atoms with Gasteiger partial charge in [0.25, 0.3) is 0 Å². The van der Waals surface area contributed by atoms with Crippen LogP contribution in [0.2, 0.25) is 0 Å². The fraction of sp³-hybridized carbons (Fsp3) is 0. The first-order valence-corrected chi connectivity index (χ1v) is 3.81. The molecule has 0 aliphatic rings. The molecule has 2 N–H and O–H groups in total. The number of nitrogen functional groups attached to an aromatic ring is 1. The Morgan fingerprint density at radius 3 is 2.85 bits per heavy atom. The Labute approximate surface area is 74.6 Å². The van der Waals surface area contributed by atoms with Gasteiger partial charge in [-0.25, -0.2) is 9.37 Å². The van der Waals surface area contributed by atoms with Gasteiger partial charge in [0.1, 0.15) is 5.82 Å². The third-order valence-electron chi connectivity index (χ3n) is 1.79. The molecule has 1 heterocycles. The summed E-state index contributed by atoms with van der Waals surface area (Å²) in [6.07, 6.45) is 4.98. The molecule has 0 unspecified atom stereocenters. The quantitative estimate of drug-likeness (QED) is 0.672. The van der Waals surface area contributed by atoms with E-state index in [4.69, 9.17) is 5.73 Å². The Bertz CT molecular complexity index is 409. The first kappa shape index (κ1) is 7.79. The number of hydrogen-bond acceptors (Lipinski definition) is 2. The number of benzene rings is 1. The number of rotatable bonds is 1. The summed E-state index contributed by atoms with van der Waals surface area (Å²) in [5.74, 6) is -0.411. The number of halogens is 1. The van der Waals surface area contributed by atoms with Crippen LogP contribution in [0.1, 0.15) is 0 Å². The third-order valence-corrected chi connectivity index (χ3v) is 1.79. The summed E-state index contributed by atoms with van der Waals surface area (Å²) in [6.45, 7) is 0. The lowest BCUT2D eigenvalue weighted by Gasteiger charge is -2.02. The Kier molecular flexibility index (Phi) is 1.73. The summed E-state index contributed by atoms with van der Waals surface area (Å²) in [7, 11) is 0. The highest BCUT2D eigenvalue weighted by atomic mass is 19.1. The fourth-order valence-electron chi connectivity index (χ4n) is 1.09. The van der Waals surface area contributed by atoms with E-state index in [-0.39, 0.29) is 5.69 Å². The van der Waals surface area contributed by atoms with Crippen molar-refractivity contribution in [2.24, 2.45) is 0 Å². The zero-order valence-electron chi connectivity index (χ0n) is 6.81. The van der Waals surface area contributed by atoms with Gasteiger partial charge in [-0.2, -0.15) is 0 Å². The number of nitrogens with two attached hydrogens (primary N) is 1. The third kappa shape index (κ3) is 1.38. The minimum Gasteiger partial charge on any atom is -0.396 e. The van der Waals surface area contributed by atoms with Gasteiger partial charge in [-0.1, -0.05) is 0 Å². The summed E-state index contributed by atoms with van der Waals surface area (Å²) in [5, 5.41) is 0. The second-order valence-electron chi connectivity index (χ2n) is 2.68. The summed E-state index contributed by atoms with van der Waals surface area (Å²) < 4.78 is 14.7. The Morgan fingerprint density at radius 1 is 1.38 bits per heavy atom. The number of anilines is 1. The van der Waals surface area contributed by atoms with Crippen LogP contribution in [0, 0.1) is 5.82 Å². The summed E-state index contributed by atoms with van der Waals surface area (Å²) in [4.78, 5) is 3.86. The zero-order chi connectivity index (χ0) is 9.26. The van der Waals surface area contributed by atoms with Crippen LogP contribution in [0.4, 0.5) is 10.1 Å². The van der Waals surface area contributed by atoms with Crippen molar-refractivity contribution in [2.45, 2.75) is 0 Å². The standard InChI is InChI=1S/C9H8FN3/c10-8-5-7(1-2-9(8)11)13-4-3-12-6-13/h1-6H,11H2. The molecule has 13 heavy (non-hydrogen) atoms. The SMILES string of the molecule is Nc1ccc(-n2ccnc2)cc1F. The maximum atomic E-state index is 13.0. The van der Waals surface area contributed by atoms with Gasteiger partial charge in [-0.3, -0.25) is 0 Å². The first-order chi connectivity index (χ1) is 6.27. The number of nitrogens with zero attached hydrogens (tertiary/aromatic N) is 2. The van der Waals surface area contributed by atoms with Crippen LogP contribution in [-0.4, -0.2) is 9.55 Å². The van der Waals surface area contributed by atoms with Crippen LogP contribution in [0.15, 0.2) is 36.9 Å². The van der Waals surface area contributed by atoms with Crippen LogP contribution in [0.5, 0.6) is 0 Å². The molecule has 2 aromatic rings. The predicted molar refractivity (Wildman–Crippen MR) is 47.9 cm³/mol. The van der Waals surface area contributed by atoms with Crippen molar-refractivity contribution in [3.05, 3.63) is 42.7 Å². The minimum atomic E-state index is -0.411. The highest BCUT2D eigenvalue weighted by Gasteiger charge is 2.00. The summed E-state index contributed by atoms with van der Waals surface area (Å²) >= 11 is 0. The van der Waals surface area contributed by atoms with Crippen molar-refractivity contribution in [1.29, 1.82) is 0 Å². The Hall–Kier alpha value is -1.84. The smallest absolute Gasteiger partial charge is 0.148 e. The zero-order valence-corrected chi connectivity index (χ0v) is 6.81. The van der Waals surface area contributed by atoms with Crippen molar-refractivity contribution in [2.75, 3.05) is 5.73 Å². The van der Waals surface area contributed by atoms with Crippen molar-refractivity contribution in [3.63, 3.8) is 0 Å². The van der Waals surface area contributed by atoms with E-state index in [0.29, 0.717) is 5.69 Å². The van der Waals surface area contributed by atoms with Crippen molar-refractivity contribution < 1.29 is 4.39 Å². The van der Waals surface area contributed by atoms with Gasteiger partial charge in [0.05, 0.1) is 12.0 Å². The second kappa shape index (κ2) is 2.90. The lowest BCUT2D eigenvalue weighted by molar-refractivity contribution is 0.631. The van der Waals surface area contributed by atoms with Crippen LogP contribution in [-0.2, 0) is 0 Å². The Balaban J connectivity index is 2.49. The van der Waals surface area contributed by atoms with E-state index in [1.54, 1.807) is 29.4 Å². The fourth-order valence-corrected chi connectivity index (χ4v) is 1.09. The van der Waals surface area contributed by atoms with E-state index < -0.39 is 5.82 Å². The van der Waals surface area contributed by atoms with E-state index in [9.17, 15) is 4.39 Å². The van der Waals surface area contributed by atoms with Gasteiger partial charge >= 0.3 is 0 Å². The van der Waals surface area contributed by atoms with Gasteiger partial charge in [0, 0.05) is 24.1 Å². The van der Waals surface area contributed by atoms with E-state index in [0.717, 1.165) is 0 Å². The molecule has 2 rings (SSSR count). The Morgan fingerprint density at radius 2 is 2.23 bits per heavy atom. The minimum absolute atomic E-state index is 0.156. The molecule has 3 nitrogen and oxygen atoms in total. The van der Waals surface area contributed by atoms with Crippen LogP contribution >= 0.6 is 0 Å². The van der Waals surface area contributed by atoms with E-state index in [1.807, 2.05) is 0 Å². The molecule has 0 saturated carbocycles. The van der Waals surface area contributed by atoms with Crippen molar-refractivity contribution in [3.8, 4) is 5.69 Å². The molecule has 0 fully saturated rings. The lowest BCUT2D eigenvalue weighted by Crippen LogP contribution is -1.94. The first-order valence-electron chi connectivity index (χ1n) is 3.81. The molecule has 0 saturated heterocycles. The molecular weight excluding hydrogens is 169 g/mol. The highest BCUT2D eigenvalue weighted by Crippen LogP contribution is 2.14. The van der Waals surface area contributed by atoms with E-state index in [2.05, 4.69) is 4.98 Å². The largest absolute Gasteiger partial charge is 0.396 e. The molecule has 0 aliphatic carbocycles. The molecule has 66 valence electrons. The molecular formula is C9H8FN3. The molecule has 0 aliphatic heterocycles. The van der Waals surface area contributed by atoms with Crippen molar-refractivity contribution >= 4 is 5.69 Å². The average molecular weight is 177 g/mol. The van der Waals surface area contributed by atoms with Gasteiger partial charge in [-0.05, 0) is 12.1 Å². The predicted octanol–water partition coefficient (Wildman–Crippen LogP) is 1.59. The monoisotopic (exact) mass is 177 g/mol. The molecule has 0 spiro atoms. The van der Waals surface area contributed by atoms with Gasteiger partial charge < -0.3 is 10.3 Å². The number of hydrogen-bond donors (Lipinski definition) is 1. The summed E-state index contributed by atoms with van der Waals surface area (Å²) in [6, 6.07) is 4.64. The second-order valence-corrected chi connectivity index (χ2v) is 2.68. The van der Waals surface area contributed by atoms with E-state index >= 15 is 0 Å². The molecule has 0 radical (unpaired) electrons. The average Bonchev–Trinajstić information content (AvgIpc) is 2.62. The van der Waals surface area contributed by atoms with E-state index in [1.165, 1.54) is 12.1 Å². The maximum absolute atomic E-state index is 13.0. The van der Waals surface area contributed by atoms with Gasteiger partial charge in [0.2, 0.25) is 0 Å². The summed E-state index contributed by atoms with van der Waals surface area (Å²) in [5.41, 5.74) is 6.21. The van der Waals surface area contributed by atoms with Gasteiger partial charge in [-0.15, -0.1) is 0 Å². The number of aromatic nitrogens is 2. The molecule has 0 bridgehead atoms. The van der Waals surface area contributed by atoms with Crippen LogP contribution < -0.4 is 5.73 Å². The normalized spacial score (nSPS) is 10.2. The molecule has 1 aromatic heterocycles. The number of imidazole rings is 1. The lowest BCUT2D eigenvalue weighted by atomic mass is 10.2. The molecule has 0 atom stereocenters. The van der Waals surface area contributed by atoms with Crippen LogP contribution in [0.25, 0.3) is 5.69 Å². The van der Waals surface area contributed by atoms with Crippen LogP contribution in [0.3, 0.4) is 0 Å². The highest BCUT2D eigenvalue weighted by molar-refractivity contribution is 5.46. The van der Waals surface area contributed by atoms with Gasteiger partial charge in [0.15, 0.2) is 0 Å². The van der Waals surface area contributed by atoms with Crippen molar-refractivity contribution in [1.82, 2.24) is 9.55 Å². The molecule has 1 aromatic carbocycles.